The number of nitrogens with two attached hydrogens (primary N) is 1. The molecular weight excluding hydrogens is 400 g/mol. The van der Waals surface area contributed by atoms with E-state index in [1.807, 2.05) is 6.07 Å². The average molecular weight is 412 g/mol. The summed E-state index contributed by atoms with van der Waals surface area (Å²) in [5.41, 5.74) is 8.50. The molecular formula is C15H12Br2N2S. The van der Waals surface area contributed by atoms with Gasteiger partial charge in [0.25, 0.3) is 0 Å². The van der Waals surface area contributed by atoms with Gasteiger partial charge in [0, 0.05) is 19.8 Å². The second kappa shape index (κ2) is 5.93. The third kappa shape index (κ3) is 2.81. The maximum atomic E-state index is 6.32. The van der Waals surface area contributed by atoms with Crippen molar-refractivity contribution in [2.75, 3.05) is 0 Å². The molecule has 5 heteroatoms. The van der Waals surface area contributed by atoms with E-state index in [1.165, 1.54) is 15.6 Å². The molecule has 1 aromatic carbocycles. The summed E-state index contributed by atoms with van der Waals surface area (Å²) in [6.07, 6.45) is 2.57. The van der Waals surface area contributed by atoms with E-state index in [0.29, 0.717) is 0 Å². The summed E-state index contributed by atoms with van der Waals surface area (Å²) in [5.74, 6) is 0. The van der Waals surface area contributed by atoms with Gasteiger partial charge in [-0.25, -0.2) is 0 Å². The smallest absolute Gasteiger partial charge is 0.0716 e. The number of hydrogen-bond donors (Lipinski definition) is 1. The maximum Gasteiger partial charge on any atom is 0.0716 e. The highest BCUT2D eigenvalue weighted by molar-refractivity contribution is 9.11. The van der Waals surface area contributed by atoms with Gasteiger partial charge in [0.1, 0.15) is 0 Å². The summed E-state index contributed by atoms with van der Waals surface area (Å²) >= 11 is 8.70. The first-order valence-electron chi connectivity index (χ1n) is 6.17. The minimum Gasteiger partial charge on any atom is -0.322 e. The van der Waals surface area contributed by atoms with Crippen molar-refractivity contribution in [3.05, 3.63) is 62.1 Å². The molecule has 0 saturated carbocycles. The number of benzene rings is 1. The fourth-order valence-corrected chi connectivity index (χ4v) is 4.48. The summed E-state index contributed by atoms with van der Waals surface area (Å²) in [7, 11) is 0. The zero-order valence-corrected chi connectivity index (χ0v) is 14.5. The Morgan fingerprint density at radius 2 is 2.05 bits per heavy atom. The zero-order chi connectivity index (χ0) is 14.1. The van der Waals surface area contributed by atoms with Crippen molar-refractivity contribution >= 4 is 53.3 Å². The Morgan fingerprint density at radius 1 is 1.25 bits per heavy atom. The van der Waals surface area contributed by atoms with Gasteiger partial charge in [-0.15, -0.1) is 11.3 Å². The molecule has 0 radical (unpaired) electrons. The second-order valence-electron chi connectivity index (χ2n) is 4.59. The van der Waals surface area contributed by atoms with Crippen LogP contribution in [0.5, 0.6) is 0 Å². The van der Waals surface area contributed by atoms with Gasteiger partial charge in [-0.05, 0) is 66.7 Å². The summed E-state index contributed by atoms with van der Waals surface area (Å²) < 4.78 is 3.19. The molecule has 2 aromatic heterocycles. The summed E-state index contributed by atoms with van der Waals surface area (Å²) in [5, 5.41) is 3.48. The lowest BCUT2D eigenvalue weighted by molar-refractivity contribution is 0.696. The molecule has 2 nitrogen and oxygen atoms in total. The largest absolute Gasteiger partial charge is 0.322 e. The van der Waals surface area contributed by atoms with E-state index >= 15 is 0 Å². The van der Waals surface area contributed by atoms with Crippen molar-refractivity contribution in [1.29, 1.82) is 0 Å². The molecule has 0 bridgehead atoms. The van der Waals surface area contributed by atoms with Crippen molar-refractivity contribution < 1.29 is 0 Å². The topological polar surface area (TPSA) is 38.9 Å². The van der Waals surface area contributed by atoms with E-state index in [-0.39, 0.29) is 6.04 Å². The normalized spacial score (nSPS) is 12.8. The first-order valence-corrected chi connectivity index (χ1v) is 8.63. The molecule has 0 fully saturated rings. The number of hydrogen-bond acceptors (Lipinski definition) is 3. The van der Waals surface area contributed by atoms with Gasteiger partial charge in [0.05, 0.1) is 11.7 Å². The number of rotatable bonds is 3. The van der Waals surface area contributed by atoms with E-state index in [4.69, 9.17) is 5.73 Å². The van der Waals surface area contributed by atoms with Crippen LogP contribution in [0.3, 0.4) is 0 Å². The van der Waals surface area contributed by atoms with Crippen LogP contribution in [0.1, 0.15) is 17.3 Å². The van der Waals surface area contributed by atoms with E-state index < -0.39 is 0 Å². The van der Waals surface area contributed by atoms with Crippen molar-refractivity contribution in [1.82, 2.24) is 4.98 Å². The molecule has 0 saturated heterocycles. The summed E-state index contributed by atoms with van der Waals surface area (Å²) in [4.78, 5) is 4.42. The number of thiophene rings is 1. The summed E-state index contributed by atoms with van der Waals surface area (Å²) in [6, 6.07) is 10.3. The standard InChI is InChI=1S/C15H12Br2N2S/c16-10-6-12(17)15(19-7-10)13(18)5-9-8-20-14-4-2-1-3-11(9)14/h1-4,6-8,13H,5,18H2. The fraction of sp³-hybridized carbons (Fsp3) is 0.133. The maximum absolute atomic E-state index is 6.32. The number of pyridine rings is 1. The van der Waals surface area contributed by atoms with Gasteiger partial charge >= 0.3 is 0 Å². The lowest BCUT2D eigenvalue weighted by Crippen LogP contribution is -2.15. The van der Waals surface area contributed by atoms with E-state index in [9.17, 15) is 0 Å². The first kappa shape index (κ1) is 14.2. The highest BCUT2D eigenvalue weighted by Crippen LogP contribution is 2.30. The van der Waals surface area contributed by atoms with Crippen LogP contribution in [0.25, 0.3) is 10.1 Å². The lowest BCUT2D eigenvalue weighted by Gasteiger charge is -2.12. The average Bonchev–Trinajstić information content (AvgIpc) is 2.82. The van der Waals surface area contributed by atoms with Crippen molar-refractivity contribution in [2.24, 2.45) is 5.73 Å². The van der Waals surface area contributed by atoms with Gasteiger partial charge in [0.15, 0.2) is 0 Å². The number of halogens is 2. The fourth-order valence-electron chi connectivity index (χ4n) is 2.22. The Balaban J connectivity index is 1.90. The lowest BCUT2D eigenvalue weighted by atomic mass is 10.0. The van der Waals surface area contributed by atoms with Gasteiger partial charge in [-0.2, -0.15) is 0 Å². The predicted octanol–water partition coefficient (Wildman–Crippen LogP) is 5.06. The Morgan fingerprint density at radius 3 is 2.85 bits per heavy atom. The zero-order valence-electron chi connectivity index (χ0n) is 10.5. The van der Waals surface area contributed by atoms with Crippen LogP contribution < -0.4 is 5.73 Å². The molecule has 3 aromatic rings. The molecule has 102 valence electrons. The van der Waals surface area contributed by atoms with Crippen LogP contribution >= 0.6 is 43.2 Å². The predicted molar refractivity (Wildman–Crippen MR) is 92.1 cm³/mol. The molecule has 0 aliphatic heterocycles. The van der Waals surface area contributed by atoms with Crippen LogP contribution in [0, 0.1) is 0 Å². The van der Waals surface area contributed by atoms with Gasteiger partial charge < -0.3 is 5.73 Å². The van der Waals surface area contributed by atoms with Crippen LogP contribution in [0.4, 0.5) is 0 Å². The highest BCUT2D eigenvalue weighted by atomic mass is 79.9. The minimum atomic E-state index is -0.115. The molecule has 20 heavy (non-hydrogen) atoms. The van der Waals surface area contributed by atoms with Crippen LogP contribution in [-0.2, 0) is 6.42 Å². The van der Waals surface area contributed by atoms with E-state index in [0.717, 1.165) is 21.1 Å². The van der Waals surface area contributed by atoms with Crippen molar-refractivity contribution in [3.63, 3.8) is 0 Å². The van der Waals surface area contributed by atoms with E-state index in [1.54, 1.807) is 17.5 Å². The van der Waals surface area contributed by atoms with Gasteiger partial charge in [-0.3, -0.25) is 4.98 Å². The number of fused-ring (bicyclic) bond motifs is 1. The molecule has 2 heterocycles. The molecule has 0 aliphatic rings. The van der Waals surface area contributed by atoms with Crippen LogP contribution in [0.2, 0.25) is 0 Å². The molecule has 2 N–H and O–H groups in total. The quantitative estimate of drug-likeness (QED) is 0.653. The molecule has 1 unspecified atom stereocenters. The molecule has 0 spiro atoms. The molecule has 0 aliphatic carbocycles. The highest BCUT2D eigenvalue weighted by Gasteiger charge is 2.15. The third-order valence-corrected chi connectivity index (χ3v) is 5.27. The first-order chi connectivity index (χ1) is 9.65. The number of aromatic nitrogens is 1. The molecule has 1 atom stereocenters. The van der Waals surface area contributed by atoms with E-state index in [2.05, 4.69) is 66.5 Å². The SMILES string of the molecule is NC(Cc1csc2ccccc12)c1ncc(Br)cc1Br. The Bertz CT molecular complexity index is 754. The van der Waals surface area contributed by atoms with Gasteiger partial charge in [0.2, 0.25) is 0 Å². The van der Waals surface area contributed by atoms with Crippen molar-refractivity contribution in [3.8, 4) is 0 Å². The Labute approximate surface area is 138 Å². The minimum absolute atomic E-state index is 0.115. The van der Waals surface area contributed by atoms with Crippen LogP contribution in [0.15, 0.2) is 50.9 Å². The summed E-state index contributed by atoms with van der Waals surface area (Å²) in [6.45, 7) is 0. The molecule has 0 amide bonds. The monoisotopic (exact) mass is 410 g/mol. The Hall–Kier alpha value is -0.750. The Kier molecular flexibility index (Phi) is 4.21. The third-order valence-electron chi connectivity index (χ3n) is 3.19. The number of nitrogens with zero attached hydrogens (tertiary/aromatic N) is 1. The molecule has 3 rings (SSSR count). The second-order valence-corrected chi connectivity index (χ2v) is 7.27. The van der Waals surface area contributed by atoms with Crippen LogP contribution in [-0.4, -0.2) is 4.98 Å². The van der Waals surface area contributed by atoms with Gasteiger partial charge in [-0.1, -0.05) is 18.2 Å². The van der Waals surface area contributed by atoms with Crippen molar-refractivity contribution in [2.45, 2.75) is 12.5 Å².